The van der Waals surface area contributed by atoms with Gasteiger partial charge in [-0.15, -0.1) is 0 Å². The SMILES string of the molecule is CC(C)(COP(=O)([O-])OP(=O)([O-])OCC1OC(n2cnc3c(N)ncnc32)C(O)C1OP(=O)([O-])[O-])C(O)C(=O)NCCC(=O)NCCC(=O)/C=C/C[N+](C)(C)C.CC(C)(COP(=O)([O-])OP(=O)([O-])OCC1OC(n2cnc3c(N)ncnc32)C(O)C1OP(=O)([O-])[O-])C(O)C(=O)NCCC(=O)NCCC(=O)CC(O)C[N+](C)(C)C. The van der Waals surface area contributed by atoms with Crippen LogP contribution in [0.1, 0.15) is 72.3 Å². The zero-order chi connectivity index (χ0) is 85.4. The van der Waals surface area contributed by atoms with Gasteiger partial charge in [0.2, 0.25) is 23.6 Å². The van der Waals surface area contributed by atoms with Gasteiger partial charge in [0.25, 0.3) is 31.3 Å². The van der Waals surface area contributed by atoms with Crippen molar-refractivity contribution in [3.05, 3.63) is 37.5 Å². The molecule has 4 amide bonds. The lowest BCUT2D eigenvalue weighted by molar-refractivity contribution is -0.873. The lowest BCUT2D eigenvalue weighted by Gasteiger charge is -2.36. The summed E-state index contributed by atoms with van der Waals surface area (Å²) in [5.74, 6) is -3.72. The summed E-state index contributed by atoms with van der Waals surface area (Å²) in [5, 5.41) is 62.2. The quantitative estimate of drug-likeness (QED) is 0.0111. The topological polar surface area (TPSA) is 770 Å². The number of fused-ring (bicyclic) bond motifs is 2. The van der Waals surface area contributed by atoms with Gasteiger partial charge in [0.15, 0.2) is 41.2 Å². The Bertz CT molecular complexity index is 4280. The number of allylic oxidation sites excluding steroid dienone is 1. The van der Waals surface area contributed by atoms with Gasteiger partial charge in [-0.1, -0.05) is 27.7 Å². The third kappa shape index (κ3) is 32.5. The van der Waals surface area contributed by atoms with Crippen molar-refractivity contribution in [2.45, 2.75) is 127 Å². The summed E-state index contributed by atoms with van der Waals surface area (Å²) in [6, 6.07) is 0. The molecule has 4 aromatic heterocycles. The number of aliphatic hydroxyl groups excluding tert-OH is 5. The first kappa shape index (κ1) is 97.6. The van der Waals surface area contributed by atoms with Crippen LogP contribution in [0.3, 0.4) is 0 Å². The normalized spacial score (nSPS) is 22.3. The van der Waals surface area contributed by atoms with E-state index in [1.54, 1.807) is 6.08 Å². The lowest BCUT2D eigenvalue weighted by Crippen LogP contribution is -2.46. The fourth-order valence-corrected chi connectivity index (χ4v) is 15.6. The van der Waals surface area contributed by atoms with Gasteiger partial charge in [-0.2, -0.15) is 0 Å². The molecule has 51 nitrogen and oxygen atoms in total. The first-order valence-electron chi connectivity index (χ1n) is 33.4. The Hall–Kier alpha value is -5.96. The minimum absolute atomic E-state index is 0.0103. The Morgan fingerprint density at radius 3 is 1.30 bits per heavy atom. The van der Waals surface area contributed by atoms with E-state index in [0.29, 0.717) is 22.1 Å². The molecule has 15 atom stereocenters. The number of aromatic nitrogens is 8. The second-order valence-corrected chi connectivity index (χ2v) is 36.8. The van der Waals surface area contributed by atoms with Crippen molar-refractivity contribution in [3.8, 4) is 0 Å². The molecule has 13 N–H and O–H groups in total. The van der Waals surface area contributed by atoms with Crippen LogP contribution < -0.4 is 71.9 Å². The number of quaternary nitrogens is 2. The Kier molecular flexibility index (Phi) is 35.0. The van der Waals surface area contributed by atoms with Crippen LogP contribution in [0.25, 0.3) is 22.3 Å². The minimum atomic E-state index is -5.93. The Balaban J connectivity index is 0.000000404. The molecule has 2 fully saturated rings. The van der Waals surface area contributed by atoms with Crippen LogP contribution in [0.4, 0.5) is 11.6 Å². The van der Waals surface area contributed by atoms with Crippen LogP contribution in [-0.2, 0) is 101 Å². The van der Waals surface area contributed by atoms with Gasteiger partial charge in [0, 0.05) is 69.1 Å². The van der Waals surface area contributed by atoms with E-state index in [1.165, 1.54) is 33.8 Å². The second kappa shape index (κ2) is 40.5. The molecule has 6 heterocycles. The van der Waals surface area contributed by atoms with Crippen LogP contribution in [0.2, 0.25) is 0 Å². The summed E-state index contributed by atoms with van der Waals surface area (Å²) in [4.78, 5) is 192. The number of likely N-dealkylation sites (N-methyl/N-ethyl adjacent to an activating group) is 2. The number of Topliss-reactive ketones (excluding diaryl/α,β-unsaturated/α-hetero) is 1. The number of nitrogens with one attached hydrogen (secondary N) is 4. The number of hydrogen-bond donors (Lipinski definition) is 11. The van der Waals surface area contributed by atoms with Crippen LogP contribution in [0.15, 0.2) is 37.5 Å². The van der Waals surface area contributed by atoms with E-state index in [1.807, 2.05) is 42.3 Å². The number of carbonyl (C=O) groups excluding carboxylic acids is 6. The Labute approximate surface area is 644 Å². The molecule has 2 aliphatic heterocycles. The first-order chi connectivity index (χ1) is 51.8. The maximum atomic E-state index is 12.5. The summed E-state index contributed by atoms with van der Waals surface area (Å²) in [6.07, 6.45) is -13.1. The molecule has 6 rings (SSSR count). The number of hydrogen-bond acceptors (Lipinski definition) is 43. The van der Waals surface area contributed by atoms with Gasteiger partial charge in [-0.05, 0) is 12.2 Å². The predicted octanol–water partition coefficient (Wildman–Crippen LogP) is -8.61. The molecule has 2 saturated heterocycles. The van der Waals surface area contributed by atoms with Gasteiger partial charge < -0.3 is 152 Å². The number of amides is 4. The lowest BCUT2D eigenvalue weighted by atomic mass is 9.87. The number of rotatable bonds is 45. The minimum Gasteiger partial charge on any atom is -0.790 e. The van der Waals surface area contributed by atoms with E-state index >= 15 is 0 Å². The first-order valence-corrected chi connectivity index (χ1v) is 42.2. The van der Waals surface area contributed by atoms with Crippen molar-refractivity contribution in [3.63, 3.8) is 0 Å². The van der Waals surface area contributed by atoms with E-state index < -0.39 is 175 Å². The summed E-state index contributed by atoms with van der Waals surface area (Å²) >= 11 is 0. The molecule has 2 aliphatic rings. The summed E-state index contributed by atoms with van der Waals surface area (Å²) in [5.41, 5.74) is 8.09. The molecule has 0 bridgehead atoms. The van der Waals surface area contributed by atoms with Gasteiger partial charge in [0.05, 0.1) is 104 Å². The van der Waals surface area contributed by atoms with Crippen molar-refractivity contribution in [1.82, 2.24) is 60.3 Å². The molecular formula is C56H90N16O35P6-6. The van der Waals surface area contributed by atoms with E-state index in [0.717, 1.165) is 34.4 Å². The largest absolute Gasteiger partial charge is 0.790 e. The molecule has 640 valence electrons. The summed E-state index contributed by atoms with van der Waals surface area (Å²) in [7, 11) is -23.8. The molecule has 0 aromatic carbocycles. The molecule has 4 aromatic rings. The second-order valence-electron chi connectivity index (χ2n) is 28.7. The summed E-state index contributed by atoms with van der Waals surface area (Å²) in [6.45, 7) is 0.706. The number of imidazole rings is 2. The smallest absolute Gasteiger partial charge is 0.274 e. The third-order valence-corrected chi connectivity index (χ3v) is 21.7. The Morgan fingerprint density at radius 1 is 0.558 bits per heavy atom. The average molecular weight is 1730 g/mol. The van der Waals surface area contributed by atoms with Crippen LogP contribution in [0, 0.1) is 10.8 Å². The van der Waals surface area contributed by atoms with E-state index in [-0.39, 0.29) is 104 Å². The average Bonchev–Trinajstić information content (AvgIpc) is 1.62. The third-order valence-electron chi connectivity index (χ3n) is 15.7. The van der Waals surface area contributed by atoms with Gasteiger partial charge in [-0.3, -0.25) is 56.2 Å². The number of phosphoric ester groups is 6. The number of aliphatic hydroxyl groups is 5. The summed E-state index contributed by atoms with van der Waals surface area (Å²) < 4.78 is 122. The monoisotopic (exact) mass is 1730 g/mol. The van der Waals surface area contributed by atoms with Crippen LogP contribution in [0.5, 0.6) is 0 Å². The van der Waals surface area contributed by atoms with E-state index in [2.05, 4.69) is 86.9 Å². The highest BCUT2D eigenvalue weighted by molar-refractivity contribution is 7.60. The zero-order valence-corrected chi connectivity index (χ0v) is 67.6. The van der Waals surface area contributed by atoms with Crippen molar-refractivity contribution in [1.29, 1.82) is 0 Å². The van der Waals surface area contributed by atoms with Gasteiger partial charge in [-0.25, -0.2) is 38.5 Å². The molecule has 0 spiro atoms. The molecule has 0 radical (unpaired) electrons. The van der Waals surface area contributed by atoms with Gasteiger partial charge >= 0.3 is 0 Å². The van der Waals surface area contributed by atoms with Crippen LogP contribution in [-0.4, -0.2) is 272 Å². The highest BCUT2D eigenvalue weighted by Crippen LogP contribution is 2.58. The number of carbonyl (C=O) groups is 6. The zero-order valence-electron chi connectivity index (χ0n) is 62.2. The maximum Gasteiger partial charge on any atom is 0.274 e. The number of phosphoric acid groups is 6. The predicted molar refractivity (Wildman–Crippen MR) is 366 cm³/mol. The number of nitrogen functional groups attached to an aromatic ring is 2. The number of anilines is 2. The van der Waals surface area contributed by atoms with Gasteiger partial charge in [0.1, 0.15) is 91.0 Å². The Morgan fingerprint density at radius 2 is 0.929 bits per heavy atom. The molecule has 57 heteroatoms. The molecular weight excluding hydrogens is 1640 g/mol. The van der Waals surface area contributed by atoms with Crippen molar-refractivity contribution < 1.29 is 175 Å². The standard InChI is InChI=1S/C28H49N8O18P3.C28H47N8O17P3/c1-28(2,23(41)26(42)31-9-7-19(39)30-8-6-16(37)10-17(38)11-36(3,4)5)13-51-57(48,49)54-56(46,47)50-12-18-22(53-55(43,44)45)21(40)27(52-18)35-15-34-20-24(29)32-14-33-25(20)35;1-28(2,23(40)26(41)31-11-9-19(38)30-10-8-17(37)7-6-12-36(3,4)5)14-50-56(47,48)53-55(45,46)49-13-18-22(52-54(42,43)44)21(39)27(51-18)35-16-34-20-24(29)32-15-33-25(20)35/h14-15,17-18,21-23,27,38,40-41H,6-13H2,1-5H3,(H7-,29,30,31,32,33,39,42,43,44,45,46,47,48,49);6-7,15-16,18,21-23,27,39-40H,8-14H2,1-5H3,(H7-,29,30,31,32,33,38,41,42,43,44,45,46,47,48)/p-6/b;7-6+. The maximum absolute atomic E-state index is 12.5. The van der Waals surface area contributed by atoms with E-state index in [4.69, 9.17) is 20.9 Å². The molecule has 0 saturated carbocycles. The fourth-order valence-electron chi connectivity index (χ4n) is 10.1. The van der Waals surface area contributed by atoms with Crippen molar-refractivity contribution >= 4 is 116 Å². The highest BCUT2D eigenvalue weighted by Gasteiger charge is 2.49. The number of nitrogens with two attached hydrogens (primary N) is 2. The van der Waals surface area contributed by atoms with Crippen molar-refractivity contribution in [2.24, 2.45) is 10.8 Å². The number of nitrogens with zero attached hydrogens (tertiary/aromatic N) is 10. The molecule has 0 aliphatic carbocycles. The highest BCUT2D eigenvalue weighted by atomic mass is 31.3. The molecule has 113 heavy (non-hydrogen) atoms. The van der Waals surface area contributed by atoms with E-state index in [9.17, 15) is 121 Å². The fraction of sp³-hybridized carbons (Fsp3) is 0.679. The molecule has 15 unspecified atom stereocenters. The van der Waals surface area contributed by atoms with Crippen LogP contribution >= 0.6 is 46.9 Å². The van der Waals surface area contributed by atoms with Crippen molar-refractivity contribution in [2.75, 3.05) is 119 Å². The number of ether oxygens (including phenoxy) is 2. The number of ketones is 2.